The Labute approximate surface area is 179 Å². The van der Waals surface area contributed by atoms with Gasteiger partial charge in [-0.25, -0.2) is 9.59 Å². The lowest BCUT2D eigenvalue weighted by Crippen LogP contribution is -2.45. The number of benzene rings is 2. The number of hydrogen-bond acceptors (Lipinski definition) is 5. The summed E-state index contributed by atoms with van der Waals surface area (Å²) in [6.07, 6.45) is 0. The van der Waals surface area contributed by atoms with Crippen molar-refractivity contribution in [1.29, 1.82) is 5.26 Å². The number of aryl methyl sites for hydroxylation is 2. The van der Waals surface area contributed by atoms with Gasteiger partial charge >= 0.3 is 12.1 Å². The van der Waals surface area contributed by atoms with Gasteiger partial charge in [0.15, 0.2) is 0 Å². The second-order valence-electron chi connectivity index (χ2n) is 7.46. The SMILES string of the molecule is Cc1ccc(NC(=O)NC(=O)CN2C(=O)NC(C)(c3cccc(C#N)c3)C2=O)c(C)c1. The van der Waals surface area contributed by atoms with Gasteiger partial charge in [-0.15, -0.1) is 0 Å². The van der Waals surface area contributed by atoms with Crippen LogP contribution in [0.1, 0.15) is 29.2 Å². The fraction of sp³-hybridized carbons (Fsp3) is 0.227. The maximum atomic E-state index is 12.9. The van der Waals surface area contributed by atoms with Crippen LogP contribution in [0, 0.1) is 25.2 Å². The van der Waals surface area contributed by atoms with E-state index in [0.29, 0.717) is 16.8 Å². The topological polar surface area (TPSA) is 131 Å². The third-order valence-electron chi connectivity index (χ3n) is 5.03. The first-order valence-corrected chi connectivity index (χ1v) is 9.47. The van der Waals surface area contributed by atoms with Crippen molar-refractivity contribution in [1.82, 2.24) is 15.5 Å². The Kier molecular flexibility index (Phi) is 5.75. The van der Waals surface area contributed by atoms with E-state index in [1.165, 1.54) is 13.0 Å². The zero-order valence-corrected chi connectivity index (χ0v) is 17.3. The minimum atomic E-state index is -1.43. The van der Waals surface area contributed by atoms with E-state index in [2.05, 4.69) is 16.0 Å². The summed E-state index contributed by atoms with van der Waals surface area (Å²) in [5.41, 5.74) is 1.72. The summed E-state index contributed by atoms with van der Waals surface area (Å²) in [6, 6.07) is 12.2. The van der Waals surface area contributed by atoms with Crippen molar-refractivity contribution in [2.75, 3.05) is 11.9 Å². The van der Waals surface area contributed by atoms with Gasteiger partial charge in [0, 0.05) is 5.69 Å². The van der Waals surface area contributed by atoms with Crippen molar-refractivity contribution in [3.8, 4) is 6.07 Å². The monoisotopic (exact) mass is 419 g/mol. The van der Waals surface area contributed by atoms with Gasteiger partial charge in [-0.3, -0.25) is 19.8 Å². The number of carbonyl (C=O) groups excluding carboxylic acids is 4. The number of nitriles is 1. The minimum absolute atomic E-state index is 0.333. The van der Waals surface area contributed by atoms with Gasteiger partial charge in [0.25, 0.3) is 5.91 Å². The van der Waals surface area contributed by atoms with E-state index in [9.17, 15) is 19.2 Å². The number of urea groups is 2. The Bertz CT molecular complexity index is 1140. The molecule has 158 valence electrons. The van der Waals surface area contributed by atoms with Crippen LogP contribution in [-0.4, -0.2) is 35.3 Å². The number of hydrogen-bond donors (Lipinski definition) is 3. The predicted octanol–water partition coefficient (Wildman–Crippen LogP) is 2.29. The van der Waals surface area contributed by atoms with Gasteiger partial charge in [-0.2, -0.15) is 5.26 Å². The molecule has 0 spiro atoms. The molecule has 0 aromatic heterocycles. The normalized spacial score (nSPS) is 17.7. The summed E-state index contributed by atoms with van der Waals surface area (Å²) in [5.74, 6) is -1.47. The molecule has 2 aromatic carbocycles. The highest BCUT2D eigenvalue weighted by Crippen LogP contribution is 2.29. The van der Waals surface area contributed by atoms with Crippen LogP contribution in [0.2, 0.25) is 0 Å². The van der Waals surface area contributed by atoms with Gasteiger partial charge in [0.2, 0.25) is 5.91 Å². The molecule has 0 saturated carbocycles. The van der Waals surface area contributed by atoms with Gasteiger partial charge in [-0.05, 0) is 50.1 Å². The van der Waals surface area contributed by atoms with Crippen molar-refractivity contribution < 1.29 is 19.2 Å². The average Bonchev–Trinajstić information content (AvgIpc) is 2.94. The third kappa shape index (κ3) is 4.38. The van der Waals surface area contributed by atoms with Crippen LogP contribution < -0.4 is 16.0 Å². The molecule has 0 bridgehead atoms. The quantitative estimate of drug-likeness (QED) is 0.655. The first kappa shape index (κ1) is 21.5. The van der Waals surface area contributed by atoms with E-state index in [1.807, 2.05) is 32.0 Å². The molecule has 1 unspecified atom stereocenters. The summed E-state index contributed by atoms with van der Waals surface area (Å²) in [5, 5.41) is 16.3. The number of nitrogens with zero attached hydrogens (tertiary/aromatic N) is 2. The Morgan fingerprint density at radius 3 is 2.58 bits per heavy atom. The summed E-state index contributed by atoms with van der Waals surface area (Å²) >= 11 is 0. The molecule has 0 aliphatic carbocycles. The van der Waals surface area contributed by atoms with Crippen molar-refractivity contribution in [3.63, 3.8) is 0 Å². The molecule has 2 aromatic rings. The molecule has 1 atom stereocenters. The molecule has 3 rings (SSSR count). The molecule has 1 fully saturated rings. The Morgan fingerprint density at radius 2 is 1.90 bits per heavy atom. The molecular formula is C22H21N5O4. The van der Waals surface area contributed by atoms with Crippen molar-refractivity contribution in [2.24, 2.45) is 0 Å². The molecular weight excluding hydrogens is 398 g/mol. The minimum Gasteiger partial charge on any atom is -0.319 e. The highest BCUT2D eigenvalue weighted by Gasteiger charge is 2.49. The largest absolute Gasteiger partial charge is 0.325 e. The van der Waals surface area contributed by atoms with Gasteiger partial charge in [0.1, 0.15) is 12.1 Å². The predicted molar refractivity (Wildman–Crippen MR) is 112 cm³/mol. The number of rotatable bonds is 4. The van der Waals surface area contributed by atoms with Crippen LogP contribution in [-0.2, 0) is 15.1 Å². The molecule has 9 nitrogen and oxygen atoms in total. The molecule has 31 heavy (non-hydrogen) atoms. The smallest absolute Gasteiger partial charge is 0.319 e. The van der Waals surface area contributed by atoms with E-state index in [-0.39, 0.29) is 0 Å². The standard InChI is InChI=1S/C22H21N5O4/c1-13-7-8-17(14(2)9-13)24-20(30)25-18(28)12-27-19(29)22(3,26-21(27)31)16-6-4-5-15(10-16)11-23/h4-10H,12H2,1-3H3,(H,26,31)(H2,24,25,28,30). The molecule has 3 N–H and O–H groups in total. The first-order chi connectivity index (χ1) is 14.6. The molecule has 9 heteroatoms. The van der Waals surface area contributed by atoms with Gasteiger partial charge in [-0.1, -0.05) is 29.8 Å². The third-order valence-corrected chi connectivity index (χ3v) is 5.03. The fourth-order valence-corrected chi connectivity index (χ4v) is 3.35. The molecule has 1 aliphatic heterocycles. The Balaban J connectivity index is 1.67. The average molecular weight is 419 g/mol. The maximum absolute atomic E-state index is 12.9. The summed E-state index contributed by atoms with van der Waals surface area (Å²) < 4.78 is 0. The van der Waals surface area contributed by atoms with Crippen LogP contribution in [0.5, 0.6) is 0 Å². The van der Waals surface area contributed by atoms with E-state index in [4.69, 9.17) is 5.26 Å². The number of nitrogens with one attached hydrogen (secondary N) is 3. The van der Waals surface area contributed by atoms with E-state index in [1.54, 1.807) is 24.3 Å². The molecule has 0 radical (unpaired) electrons. The number of carbonyl (C=O) groups is 4. The van der Waals surface area contributed by atoms with Crippen LogP contribution in [0.3, 0.4) is 0 Å². The van der Waals surface area contributed by atoms with Crippen LogP contribution in [0.4, 0.5) is 15.3 Å². The number of imide groups is 2. The molecule has 6 amide bonds. The zero-order chi connectivity index (χ0) is 22.8. The summed E-state index contributed by atoms with van der Waals surface area (Å²) in [4.78, 5) is 50.4. The van der Waals surface area contributed by atoms with Gasteiger partial charge in [0.05, 0.1) is 11.6 Å². The lowest BCUT2D eigenvalue weighted by molar-refractivity contribution is -0.134. The zero-order valence-electron chi connectivity index (χ0n) is 17.3. The second kappa shape index (κ2) is 8.28. The van der Waals surface area contributed by atoms with Crippen LogP contribution in [0.15, 0.2) is 42.5 Å². The fourth-order valence-electron chi connectivity index (χ4n) is 3.35. The Hall–Kier alpha value is -4.19. The van der Waals surface area contributed by atoms with E-state index < -0.39 is 36.0 Å². The first-order valence-electron chi connectivity index (χ1n) is 9.47. The van der Waals surface area contributed by atoms with Crippen molar-refractivity contribution >= 4 is 29.6 Å². The lowest BCUT2D eigenvalue weighted by atomic mass is 9.91. The highest BCUT2D eigenvalue weighted by atomic mass is 16.2. The van der Waals surface area contributed by atoms with Crippen LogP contribution in [0.25, 0.3) is 0 Å². The molecule has 1 aliphatic rings. The van der Waals surface area contributed by atoms with E-state index >= 15 is 0 Å². The summed E-state index contributed by atoms with van der Waals surface area (Å²) in [7, 11) is 0. The lowest BCUT2D eigenvalue weighted by Gasteiger charge is -2.22. The maximum Gasteiger partial charge on any atom is 0.325 e. The molecule has 1 saturated heterocycles. The number of anilines is 1. The molecule has 1 heterocycles. The van der Waals surface area contributed by atoms with Gasteiger partial charge < -0.3 is 10.6 Å². The van der Waals surface area contributed by atoms with E-state index in [0.717, 1.165) is 16.0 Å². The van der Waals surface area contributed by atoms with Crippen molar-refractivity contribution in [3.05, 3.63) is 64.7 Å². The number of amides is 6. The Morgan fingerprint density at radius 1 is 1.16 bits per heavy atom. The highest BCUT2D eigenvalue weighted by molar-refractivity contribution is 6.10. The van der Waals surface area contributed by atoms with Crippen molar-refractivity contribution in [2.45, 2.75) is 26.3 Å². The second-order valence-corrected chi connectivity index (χ2v) is 7.46. The van der Waals surface area contributed by atoms with Crippen LogP contribution >= 0.6 is 0 Å². The summed E-state index contributed by atoms with van der Waals surface area (Å²) in [6.45, 7) is 4.61.